The third-order valence-corrected chi connectivity index (χ3v) is 3.26. The summed E-state index contributed by atoms with van der Waals surface area (Å²) in [5.41, 5.74) is 2.67. The highest BCUT2D eigenvalue weighted by molar-refractivity contribution is 6.32. The molecular weight excluding hydrogens is 236 g/mol. The quantitative estimate of drug-likeness (QED) is 0.881. The predicted molar refractivity (Wildman–Crippen MR) is 71.9 cm³/mol. The highest BCUT2D eigenvalue weighted by atomic mass is 35.5. The molecule has 0 bridgehead atoms. The van der Waals surface area contributed by atoms with Crippen LogP contribution in [-0.2, 0) is 0 Å². The normalized spacial score (nSPS) is 12.9. The Bertz CT molecular complexity index is 398. The van der Waals surface area contributed by atoms with Crippen LogP contribution in [0.25, 0.3) is 0 Å². The van der Waals surface area contributed by atoms with Gasteiger partial charge in [-0.15, -0.1) is 0 Å². The summed E-state index contributed by atoms with van der Waals surface area (Å²) in [6, 6.07) is 1.90. The minimum atomic E-state index is -0.574. The summed E-state index contributed by atoms with van der Waals surface area (Å²) in [6.45, 7) is 10.4. The molecule has 3 heteroatoms. The first-order valence-corrected chi connectivity index (χ1v) is 6.32. The van der Waals surface area contributed by atoms with Gasteiger partial charge in [-0.25, -0.2) is 0 Å². The van der Waals surface area contributed by atoms with E-state index in [1.165, 1.54) is 0 Å². The molecule has 2 nitrogen and oxygen atoms in total. The Hall–Kier alpha value is -0.730. The molecule has 0 aliphatic heterocycles. The molecule has 0 aliphatic carbocycles. The molecule has 17 heavy (non-hydrogen) atoms. The van der Waals surface area contributed by atoms with Crippen molar-refractivity contribution in [2.75, 3.05) is 6.61 Å². The molecule has 0 fully saturated rings. The maximum Gasteiger partial charge on any atom is 0.125 e. The number of aliphatic hydroxyl groups is 1. The van der Waals surface area contributed by atoms with E-state index in [0.717, 1.165) is 22.4 Å². The average Bonchev–Trinajstić information content (AvgIpc) is 2.22. The van der Waals surface area contributed by atoms with Gasteiger partial charge >= 0.3 is 0 Å². The van der Waals surface area contributed by atoms with Crippen molar-refractivity contribution in [3.8, 4) is 5.75 Å². The zero-order chi connectivity index (χ0) is 13.2. The minimum absolute atomic E-state index is 0.452. The van der Waals surface area contributed by atoms with E-state index in [4.69, 9.17) is 16.3 Å². The lowest BCUT2D eigenvalue weighted by molar-refractivity contribution is 0.187. The minimum Gasteiger partial charge on any atom is -0.493 e. The van der Waals surface area contributed by atoms with Gasteiger partial charge in [0.25, 0.3) is 0 Å². The van der Waals surface area contributed by atoms with Crippen LogP contribution in [0.4, 0.5) is 0 Å². The van der Waals surface area contributed by atoms with Gasteiger partial charge in [0.2, 0.25) is 0 Å². The summed E-state index contributed by atoms with van der Waals surface area (Å²) >= 11 is 6.19. The molecule has 1 aromatic rings. The third-order valence-electron chi connectivity index (χ3n) is 2.68. The summed E-state index contributed by atoms with van der Waals surface area (Å²) in [7, 11) is 0. The number of hydrogen-bond donors (Lipinski definition) is 1. The number of hydrogen-bond acceptors (Lipinski definition) is 2. The van der Waals surface area contributed by atoms with E-state index in [1.54, 1.807) is 6.92 Å². The molecule has 96 valence electrons. The second-order valence-electron chi connectivity index (χ2n) is 4.93. The highest BCUT2D eigenvalue weighted by Gasteiger charge is 2.17. The molecule has 0 radical (unpaired) electrons. The van der Waals surface area contributed by atoms with Gasteiger partial charge in [0, 0.05) is 10.6 Å². The molecule has 0 amide bonds. The first-order valence-electron chi connectivity index (χ1n) is 5.95. The standard InChI is InChI=1S/C14H21ClO2/c1-8(2)7-17-12-6-9(3)14(15)10(4)13(12)11(5)16/h6,8,11,16H,7H2,1-5H3. The number of aryl methyl sites for hydroxylation is 1. The molecule has 0 aromatic heterocycles. The number of benzene rings is 1. The lowest BCUT2D eigenvalue weighted by Gasteiger charge is -2.19. The van der Waals surface area contributed by atoms with Crippen LogP contribution < -0.4 is 4.74 Å². The Balaban J connectivity index is 3.18. The molecule has 1 atom stereocenters. The first-order chi connectivity index (χ1) is 7.84. The van der Waals surface area contributed by atoms with Crippen molar-refractivity contribution in [2.45, 2.75) is 40.7 Å². The van der Waals surface area contributed by atoms with Gasteiger partial charge in [0.15, 0.2) is 0 Å². The number of halogens is 1. The van der Waals surface area contributed by atoms with Crippen molar-refractivity contribution in [1.29, 1.82) is 0 Å². The topological polar surface area (TPSA) is 29.5 Å². The fourth-order valence-electron chi connectivity index (χ4n) is 1.83. The van der Waals surface area contributed by atoms with Crippen LogP contribution in [0, 0.1) is 19.8 Å². The van der Waals surface area contributed by atoms with Crippen LogP contribution >= 0.6 is 11.6 Å². The van der Waals surface area contributed by atoms with Gasteiger partial charge in [0.05, 0.1) is 12.7 Å². The molecule has 0 spiro atoms. The summed E-state index contributed by atoms with van der Waals surface area (Å²) < 4.78 is 5.76. The number of ether oxygens (including phenoxy) is 1. The van der Waals surface area contributed by atoms with Crippen LogP contribution in [0.1, 0.15) is 43.6 Å². The largest absolute Gasteiger partial charge is 0.493 e. The maximum absolute atomic E-state index is 9.83. The van der Waals surface area contributed by atoms with Crippen molar-refractivity contribution < 1.29 is 9.84 Å². The van der Waals surface area contributed by atoms with Gasteiger partial charge in [-0.1, -0.05) is 25.4 Å². The van der Waals surface area contributed by atoms with E-state index >= 15 is 0 Å². The van der Waals surface area contributed by atoms with E-state index in [0.29, 0.717) is 17.5 Å². The van der Waals surface area contributed by atoms with Gasteiger partial charge in [0.1, 0.15) is 5.75 Å². The maximum atomic E-state index is 9.83. The van der Waals surface area contributed by atoms with Crippen LogP contribution in [0.2, 0.25) is 5.02 Å². The SMILES string of the molecule is Cc1cc(OCC(C)C)c(C(C)O)c(C)c1Cl. The number of aliphatic hydroxyl groups excluding tert-OH is 1. The summed E-state index contributed by atoms with van der Waals surface area (Å²) in [4.78, 5) is 0. The Morgan fingerprint density at radius 2 is 1.88 bits per heavy atom. The van der Waals surface area contributed by atoms with Crippen molar-refractivity contribution in [3.05, 3.63) is 27.8 Å². The molecule has 0 saturated carbocycles. The van der Waals surface area contributed by atoms with Crippen molar-refractivity contribution in [3.63, 3.8) is 0 Å². The van der Waals surface area contributed by atoms with Crippen molar-refractivity contribution in [1.82, 2.24) is 0 Å². The van der Waals surface area contributed by atoms with Crippen LogP contribution in [0.3, 0.4) is 0 Å². The molecule has 0 heterocycles. The monoisotopic (exact) mass is 256 g/mol. The van der Waals surface area contributed by atoms with Crippen molar-refractivity contribution >= 4 is 11.6 Å². The van der Waals surface area contributed by atoms with Gasteiger partial charge < -0.3 is 9.84 Å². The highest BCUT2D eigenvalue weighted by Crippen LogP contribution is 2.35. The van der Waals surface area contributed by atoms with Gasteiger partial charge in [-0.3, -0.25) is 0 Å². The lowest BCUT2D eigenvalue weighted by Crippen LogP contribution is -2.09. The number of rotatable bonds is 4. The fraction of sp³-hybridized carbons (Fsp3) is 0.571. The van der Waals surface area contributed by atoms with E-state index < -0.39 is 6.10 Å². The van der Waals surface area contributed by atoms with E-state index in [1.807, 2.05) is 19.9 Å². The second-order valence-corrected chi connectivity index (χ2v) is 5.30. The first kappa shape index (κ1) is 14.3. The summed E-state index contributed by atoms with van der Waals surface area (Å²) in [6.07, 6.45) is -0.574. The molecule has 0 aliphatic rings. The van der Waals surface area contributed by atoms with Gasteiger partial charge in [-0.05, 0) is 43.9 Å². The van der Waals surface area contributed by atoms with E-state index in [9.17, 15) is 5.11 Å². The molecule has 1 unspecified atom stereocenters. The summed E-state index contributed by atoms with van der Waals surface area (Å²) in [5.74, 6) is 1.20. The van der Waals surface area contributed by atoms with E-state index in [2.05, 4.69) is 13.8 Å². The zero-order valence-corrected chi connectivity index (χ0v) is 11.9. The Labute approximate surface area is 109 Å². The fourth-order valence-corrected chi connectivity index (χ4v) is 1.99. The second kappa shape index (κ2) is 5.74. The summed E-state index contributed by atoms with van der Waals surface area (Å²) in [5, 5.41) is 10.5. The third kappa shape index (κ3) is 3.36. The van der Waals surface area contributed by atoms with E-state index in [-0.39, 0.29) is 0 Å². The lowest BCUT2D eigenvalue weighted by atomic mass is 10.00. The Kier molecular flexibility index (Phi) is 4.84. The predicted octanol–water partition coefficient (Wildman–Crippen LogP) is 4.04. The zero-order valence-electron chi connectivity index (χ0n) is 11.2. The molecule has 1 rings (SSSR count). The molecule has 0 saturated heterocycles. The molecule has 1 N–H and O–H groups in total. The van der Waals surface area contributed by atoms with Crippen LogP contribution in [-0.4, -0.2) is 11.7 Å². The molecular formula is C14H21ClO2. The smallest absolute Gasteiger partial charge is 0.125 e. The molecule has 1 aromatic carbocycles. The average molecular weight is 257 g/mol. The van der Waals surface area contributed by atoms with Crippen molar-refractivity contribution in [2.24, 2.45) is 5.92 Å². The Morgan fingerprint density at radius 3 is 2.35 bits per heavy atom. The van der Waals surface area contributed by atoms with Crippen LogP contribution in [0.5, 0.6) is 5.75 Å². The van der Waals surface area contributed by atoms with Crippen LogP contribution in [0.15, 0.2) is 6.07 Å². The Morgan fingerprint density at radius 1 is 1.29 bits per heavy atom. The van der Waals surface area contributed by atoms with Gasteiger partial charge in [-0.2, -0.15) is 0 Å².